The summed E-state index contributed by atoms with van der Waals surface area (Å²) in [5, 5.41) is 7.95. The van der Waals surface area contributed by atoms with Crippen LogP contribution in [0.3, 0.4) is 0 Å². The smallest absolute Gasteiger partial charge is 0.164 e. The summed E-state index contributed by atoms with van der Waals surface area (Å²) in [6.45, 7) is 2.38. The van der Waals surface area contributed by atoms with Gasteiger partial charge in [-0.1, -0.05) is 17.7 Å². The standard InChI is InChI=1S/C14H19ClN4O2/c1-19-14(17-10-18-19)9-21-13-5-3-4-12(15)11(13)8-16-6-7-20-2/h3-5,10,16H,6-9H2,1-2H3. The molecule has 0 unspecified atom stereocenters. The highest BCUT2D eigenvalue weighted by molar-refractivity contribution is 6.31. The average Bonchev–Trinajstić information content (AvgIpc) is 2.88. The zero-order valence-corrected chi connectivity index (χ0v) is 12.9. The van der Waals surface area contributed by atoms with Crippen LogP contribution in [0, 0.1) is 0 Å². The molecule has 7 heteroatoms. The van der Waals surface area contributed by atoms with Crippen molar-refractivity contribution in [3.05, 3.63) is 40.9 Å². The largest absolute Gasteiger partial charge is 0.485 e. The van der Waals surface area contributed by atoms with Crippen LogP contribution < -0.4 is 10.1 Å². The van der Waals surface area contributed by atoms with E-state index in [1.54, 1.807) is 11.8 Å². The van der Waals surface area contributed by atoms with E-state index in [0.29, 0.717) is 24.8 Å². The number of rotatable bonds is 8. The molecule has 0 spiro atoms. The number of aryl methyl sites for hydroxylation is 1. The van der Waals surface area contributed by atoms with Gasteiger partial charge in [-0.05, 0) is 12.1 Å². The lowest BCUT2D eigenvalue weighted by atomic mass is 10.2. The molecule has 0 saturated carbocycles. The second kappa shape index (κ2) is 7.97. The van der Waals surface area contributed by atoms with E-state index in [4.69, 9.17) is 21.1 Å². The SMILES string of the molecule is COCCNCc1c(Cl)cccc1OCc1ncnn1C. The average molecular weight is 311 g/mol. The summed E-state index contributed by atoms with van der Waals surface area (Å²) >= 11 is 6.25. The fourth-order valence-corrected chi connectivity index (χ4v) is 2.06. The molecule has 0 amide bonds. The molecule has 1 aromatic carbocycles. The van der Waals surface area contributed by atoms with E-state index in [-0.39, 0.29) is 0 Å². The normalized spacial score (nSPS) is 10.8. The van der Waals surface area contributed by atoms with Crippen molar-refractivity contribution in [3.63, 3.8) is 0 Å². The lowest BCUT2D eigenvalue weighted by molar-refractivity contribution is 0.199. The minimum absolute atomic E-state index is 0.349. The van der Waals surface area contributed by atoms with E-state index in [9.17, 15) is 0 Å². The van der Waals surface area contributed by atoms with Gasteiger partial charge in [0.15, 0.2) is 5.82 Å². The van der Waals surface area contributed by atoms with E-state index < -0.39 is 0 Å². The Kier molecular flexibility index (Phi) is 5.98. The first kappa shape index (κ1) is 15.8. The summed E-state index contributed by atoms with van der Waals surface area (Å²) in [5.74, 6) is 1.50. The molecule has 2 rings (SSSR count). The Morgan fingerprint density at radius 3 is 2.95 bits per heavy atom. The third-order valence-electron chi connectivity index (χ3n) is 3.02. The number of benzene rings is 1. The Bertz CT molecular complexity index is 574. The Morgan fingerprint density at radius 2 is 2.24 bits per heavy atom. The number of hydrogen-bond donors (Lipinski definition) is 1. The molecule has 21 heavy (non-hydrogen) atoms. The van der Waals surface area contributed by atoms with Gasteiger partial charge in [0.1, 0.15) is 18.7 Å². The van der Waals surface area contributed by atoms with Gasteiger partial charge in [-0.2, -0.15) is 5.10 Å². The second-order valence-electron chi connectivity index (χ2n) is 4.47. The fourth-order valence-electron chi connectivity index (χ4n) is 1.83. The predicted molar refractivity (Wildman–Crippen MR) is 80.4 cm³/mol. The minimum atomic E-state index is 0.349. The Balaban J connectivity index is 2.01. The summed E-state index contributed by atoms with van der Waals surface area (Å²) < 4.78 is 12.5. The molecule has 0 fully saturated rings. The van der Waals surface area contributed by atoms with Crippen molar-refractivity contribution in [2.24, 2.45) is 7.05 Å². The number of halogens is 1. The van der Waals surface area contributed by atoms with Gasteiger partial charge < -0.3 is 14.8 Å². The molecule has 0 aliphatic heterocycles. The first-order chi connectivity index (χ1) is 10.2. The van der Waals surface area contributed by atoms with Gasteiger partial charge in [-0.15, -0.1) is 0 Å². The van der Waals surface area contributed by atoms with E-state index in [0.717, 1.165) is 23.7 Å². The number of nitrogens with one attached hydrogen (secondary N) is 1. The molecule has 0 saturated heterocycles. The maximum absolute atomic E-state index is 6.25. The number of nitrogens with zero attached hydrogens (tertiary/aromatic N) is 3. The molecule has 0 aliphatic carbocycles. The van der Waals surface area contributed by atoms with Crippen molar-refractivity contribution in [3.8, 4) is 5.75 Å². The van der Waals surface area contributed by atoms with Crippen molar-refractivity contribution in [2.45, 2.75) is 13.2 Å². The molecule has 0 aliphatic rings. The van der Waals surface area contributed by atoms with Crippen LogP contribution in [0.4, 0.5) is 0 Å². The molecule has 6 nitrogen and oxygen atoms in total. The number of aromatic nitrogens is 3. The zero-order valence-electron chi connectivity index (χ0n) is 12.2. The molecule has 1 heterocycles. The van der Waals surface area contributed by atoms with Gasteiger partial charge in [0.2, 0.25) is 0 Å². The highest BCUT2D eigenvalue weighted by Crippen LogP contribution is 2.26. The van der Waals surface area contributed by atoms with Crippen molar-refractivity contribution in [2.75, 3.05) is 20.3 Å². The molecular weight excluding hydrogens is 292 g/mol. The molecule has 0 atom stereocenters. The van der Waals surface area contributed by atoms with Crippen LogP contribution in [0.25, 0.3) is 0 Å². The lowest BCUT2D eigenvalue weighted by Crippen LogP contribution is -2.19. The number of hydrogen-bond acceptors (Lipinski definition) is 5. The van der Waals surface area contributed by atoms with E-state index in [1.165, 1.54) is 6.33 Å². The Morgan fingerprint density at radius 1 is 1.38 bits per heavy atom. The van der Waals surface area contributed by atoms with Crippen molar-refractivity contribution in [1.29, 1.82) is 0 Å². The van der Waals surface area contributed by atoms with Gasteiger partial charge in [-0.3, -0.25) is 4.68 Å². The molecule has 2 aromatic rings. The van der Waals surface area contributed by atoms with Crippen molar-refractivity contribution < 1.29 is 9.47 Å². The van der Waals surface area contributed by atoms with Crippen LogP contribution >= 0.6 is 11.6 Å². The van der Waals surface area contributed by atoms with Crippen molar-refractivity contribution >= 4 is 11.6 Å². The molecule has 0 bridgehead atoms. The highest BCUT2D eigenvalue weighted by Gasteiger charge is 2.09. The first-order valence-corrected chi connectivity index (χ1v) is 7.03. The summed E-state index contributed by atoms with van der Waals surface area (Å²) in [7, 11) is 3.50. The molecule has 114 valence electrons. The van der Waals surface area contributed by atoms with Gasteiger partial charge in [0.05, 0.1) is 6.61 Å². The first-order valence-electron chi connectivity index (χ1n) is 6.65. The lowest BCUT2D eigenvalue weighted by Gasteiger charge is -2.13. The van der Waals surface area contributed by atoms with E-state index in [2.05, 4.69) is 15.4 Å². The number of methoxy groups -OCH3 is 1. The molecule has 1 N–H and O–H groups in total. The highest BCUT2D eigenvalue weighted by atomic mass is 35.5. The summed E-state index contributed by atoms with van der Waals surface area (Å²) in [6.07, 6.45) is 1.50. The van der Waals surface area contributed by atoms with Crippen LogP contribution in [-0.4, -0.2) is 35.0 Å². The van der Waals surface area contributed by atoms with Crippen LogP contribution in [0.2, 0.25) is 5.02 Å². The predicted octanol–water partition coefficient (Wildman–Crippen LogP) is 1.78. The van der Waals surface area contributed by atoms with E-state index in [1.807, 2.05) is 25.2 Å². The third-order valence-corrected chi connectivity index (χ3v) is 3.38. The van der Waals surface area contributed by atoms with Crippen LogP contribution in [0.5, 0.6) is 5.75 Å². The number of ether oxygens (including phenoxy) is 2. The van der Waals surface area contributed by atoms with Crippen LogP contribution in [0.1, 0.15) is 11.4 Å². The molecular formula is C14H19ClN4O2. The topological polar surface area (TPSA) is 61.2 Å². The quantitative estimate of drug-likeness (QED) is 0.753. The summed E-state index contributed by atoms with van der Waals surface area (Å²) in [4.78, 5) is 4.13. The monoisotopic (exact) mass is 310 g/mol. The van der Waals surface area contributed by atoms with Gasteiger partial charge in [0.25, 0.3) is 0 Å². The summed E-state index contributed by atoms with van der Waals surface area (Å²) in [6, 6.07) is 5.62. The Labute approximate surface area is 129 Å². The molecule has 0 radical (unpaired) electrons. The maximum Gasteiger partial charge on any atom is 0.164 e. The van der Waals surface area contributed by atoms with Gasteiger partial charge in [0, 0.05) is 37.8 Å². The second-order valence-corrected chi connectivity index (χ2v) is 4.88. The minimum Gasteiger partial charge on any atom is -0.485 e. The van der Waals surface area contributed by atoms with Crippen LogP contribution in [0.15, 0.2) is 24.5 Å². The fraction of sp³-hybridized carbons (Fsp3) is 0.429. The third kappa shape index (κ3) is 4.42. The van der Waals surface area contributed by atoms with E-state index >= 15 is 0 Å². The molecule has 1 aromatic heterocycles. The van der Waals surface area contributed by atoms with Gasteiger partial charge in [-0.25, -0.2) is 4.98 Å². The maximum atomic E-state index is 6.25. The van der Waals surface area contributed by atoms with Crippen LogP contribution in [-0.2, 0) is 24.9 Å². The van der Waals surface area contributed by atoms with Crippen molar-refractivity contribution in [1.82, 2.24) is 20.1 Å². The zero-order chi connectivity index (χ0) is 15.1. The summed E-state index contributed by atoms with van der Waals surface area (Å²) in [5.41, 5.74) is 0.928. The Hall–Kier alpha value is -1.63. The van der Waals surface area contributed by atoms with Gasteiger partial charge >= 0.3 is 0 Å².